The van der Waals surface area contributed by atoms with Crippen molar-refractivity contribution in [1.29, 1.82) is 0 Å². The van der Waals surface area contributed by atoms with Crippen molar-refractivity contribution >= 4 is 41.9 Å². The number of nitrogens with zero attached hydrogens (tertiary/aromatic N) is 1. The summed E-state index contributed by atoms with van der Waals surface area (Å²) < 4.78 is 24.7. The van der Waals surface area contributed by atoms with Gasteiger partial charge in [0.05, 0.1) is 6.26 Å². The highest BCUT2D eigenvalue weighted by Crippen LogP contribution is 2.34. The molecule has 0 saturated carbocycles. The van der Waals surface area contributed by atoms with Crippen molar-refractivity contribution in [2.24, 2.45) is 11.3 Å². The van der Waals surface area contributed by atoms with Gasteiger partial charge in [-0.05, 0) is 30.6 Å². The minimum absolute atomic E-state index is 0.213. The molecule has 3 nitrogen and oxygen atoms in total. The molecule has 1 saturated heterocycles. The van der Waals surface area contributed by atoms with Crippen LogP contribution in [-0.2, 0) is 10.0 Å². The van der Waals surface area contributed by atoms with Gasteiger partial charge < -0.3 is 0 Å². The van der Waals surface area contributed by atoms with E-state index >= 15 is 0 Å². The van der Waals surface area contributed by atoms with Gasteiger partial charge >= 0.3 is 0 Å². The van der Waals surface area contributed by atoms with Gasteiger partial charge in [0.1, 0.15) is 0 Å². The minimum atomic E-state index is -3.02. The fourth-order valence-corrected chi connectivity index (χ4v) is 4.67. The Morgan fingerprint density at radius 3 is 2.41 bits per heavy atom. The first-order valence-corrected chi connectivity index (χ1v) is 9.97. The average molecular weight is 391 g/mol. The van der Waals surface area contributed by atoms with Crippen LogP contribution in [0.3, 0.4) is 0 Å². The molecule has 1 unspecified atom stereocenters. The predicted octanol–water partition coefficient (Wildman–Crippen LogP) is 2.84. The summed E-state index contributed by atoms with van der Waals surface area (Å²) in [6.45, 7) is 3.61. The number of hydrogen-bond acceptors (Lipinski definition) is 2. The summed E-state index contributed by atoms with van der Waals surface area (Å²) in [5.41, 5.74) is 0.213. The van der Waals surface area contributed by atoms with E-state index in [4.69, 9.17) is 0 Å². The van der Waals surface area contributed by atoms with E-state index in [9.17, 15) is 8.42 Å². The highest BCUT2D eigenvalue weighted by Gasteiger charge is 2.31. The van der Waals surface area contributed by atoms with E-state index < -0.39 is 10.0 Å². The molecule has 1 rings (SSSR count). The van der Waals surface area contributed by atoms with Crippen LogP contribution in [0.2, 0.25) is 0 Å². The second-order valence-electron chi connectivity index (χ2n) is 5.41. The van der Waals surface area contributed by atoms with Crippen LogP contribution in [0.25, 0.3) is 0 Å². The molecule has 0 aromatic rings. The Morgan fingerprint density at radius 2 is 1.94 bits per heavy atom. The van der Waals surface area contributed by atoms with Crippen molar-refractivity contribution in [2.45, 2.75) is 26.2 Å². The highest BCUT2D eigenvalue weighted by molar-refractivity contribution is 9.09. The Kier molecular flexibility index (Phi) is 5.95. The van der Waals surface area contributed by atoms with Crippen molar-refractivity contribution in [3.8, 4) is 0 Å². The molecule has 0 aliphatic carbocycles. The topological polar surface area (TPSA) is 37.4 Å². The molecule has 0 radical (unpaired) electrons. The number of sulfonamides is 1. The zero-order chi connectivity index (χ0) is 13.1. The van der Waals surface area contributed by atoms with E-state index in [2.05, 4.69) is 38.8 Å². The van der Waals surface area contributed by atoms with E-state index in [-0.39, 0.29) is 5.41 Å². The molecule has 0 N–H and O–H groups in total. The van der Waals surface area contributed by atoms with Gasteiger partial charge in [-0.25, -0.2) is 12.7 Å². The average Bonchev–Trinajstić information content (AvgIpc) is 2.28. The lowest BCUT2D eigenvalue weighted by Gasteiger charge is -2.36. The Balaban J connectivity index is 2.62. The fourth-order valence-electron chi connectivity index (χ4n) is 2.34. The summed E-state index contributed by atoms with van der Waals surface area (Å²) in [6.07, 6.45) is 4.50. The van der Waals surface area contributed by atoms with Crippen LogP contribution in [-0.4, -0.2) is 42.7 Å². The van der Waals surface area contributed by atoms with Gasteiger partial charge in [0.2, 0.25) is 10.0 Å². The van der Waals surface area contributed by atoms with Crippen LogP contribution in [0.1, 0.15) is 26.2 Å². The Hall–Kier alpha value is 0.870. The van der Waals surface area contributed by atoms with Crippen molar-refractivity contribution in [3.63, 3.8) is 0 Å². The van der Waals surface area contributed by atoms with E-state index in [1.807, 2.05) is 0 Å². The maximum atomic E-state index is 11.5. The molecule has 1 atom stereocenters. The lowest BCUT2D eigenvalue weighted by molar-refractivity contribution is 0.208. The number of rotatable bonds is 5. The van der Waals surface area contributed by atoms with Crippen molar-refractivity contribution in [1.82, 2.24) is 4.31 Å². The number of piperidine rings is 1. The third-order valence-electron chi connectivity index (χ3n) is 3.38. The van der Waals surface area contributed by atoms with E-state index in [1.165, 1.54) is 6.26 Å². The molecule has 0 spiro atoms. The molecule has 1 aliphatic heterocycles. The van der Waals surface area contributed by atoms with Crippen LogP contribution in [0, 0.1) is 11.3 Å². The molecule has 0 bridgehead atoms. The molecule has 102 valence electrons. The molecule has 1 heterocycles. The maximum Gasteiger partial charge on any atom is 0.211 e. The van der Waals surface area contributed by atoms with E-state index in [0.29, 0.717) is 19.0 Å². The summed E-state index contributed by atoms with van der Waals surface area (Å²) >= 11 is 7.10. The normalized spacial score (nSPS) is 23.9. The second kappa shape index (κ2) is 6.35. The van der Waals surface area contributed by atoms with Gasteiger partial charge in [-0.1, -0.05) is 38.8 Å². The van der Waals surface area contributed by atoms with Crippen LogP contribution in [0.4, 0.5) is 0 Å². The van der Waals surface area contributed by atoms with E-state index in [1.54, 1.807) is 4.31 Å². The summed E-state index contributed by atoms with van der Waals surface area (Å²) in [5.74, 6) is 0.485. The smallest absolute Gasteiger partial charge is 0.211 e. The van der Waals surface area contributed by atoms with Gasteiger partial charge in [0, 0.05) is 23.7 Å². The Morgan fingerprint density at radius 1 is 1.35 bits per heavy atom. The largest absolute Gasteiger partial charge is 0.213 e. The SMILES string of the molecule is CC(CBr)(CBr)CC1CCCN(S(C)(=O)=O)C1. The first-order valence-electron chi connectivity index (χ1n) is 5.88. The first-order chi connectivity index (χ1) is 7.80. The lowest BCUT2D eigenvalue weighted by Crippen LogP contribution is -2.41. The zero-order valence-corrected chi connectivity index (χ0v) is 14.4. The Labute approximate surface area is 122 Å². The summed E-state index contributed by atoms with van der Waals surface area (Å²) in [4.78, 5) is 0. The number of halogens is 2. The molecule has 1 aliphatic rings. The van der Waals surface area contributed by atoms with Gasteiger partial charge in [-0.3, -0.25) is 0 Å². The van der Waals surface area contributed by atoms with Crippen molar-refractivity contribution in [2.75, 3.05) is 30.0 Å². The Bertz CT molecular complexity index is 341. The third-order valence-corrected chi connectivity index (χ3v) is 7.35. The lowest BCUT2D eigenvalue weighted by atomic mass is 9.81. The molecule has 1 fully saturated rings. The van der Waals surface area contributed by atoms with Crippen LogP contribution >= 0.6 is 31.9 Å². The third kappa shape index (κ3) is 4.80. The van der Waals surface area contributed by atoms with Crippen molar-refractivity contribution < 1.29 is 8.42 Å². The predicted molar refractivity (Wildman–Crippen MR) is 79.5 cm³/mol. The van der Waals surface area contributed by atoms with Gasteiger partial charge in [-0.15, -0.1) is 0 Å². The summed E-state index contributed by atoms with van der Waals surface area (Å²) in [7, 11) is -3.02. The fraction of sp³-hybridized carbons (Fsp3) is 1.00. The monoisotopic (exact) mass is 389 g/mol. The minimum Gasteiger partial charge on any atom is -0.213 e. The van der Waals surface area contributed by atoms with Gasteiger partial charge in [-0.2, -0.15) is 0 Å². The molecule has 0 aromatic heterocycles. The summed E-state index contributed by atoms with van der Waals surface area (Å²) in [5, 5.41) is 1.89. The number of alkyl halides is 2. The molecular weight excluding hydrogens is 370 g/mol. The summed E-state index contributed by atoms with van der Waals surface area (Å²) in [6, 6.07) is 0. The first kappa shape index (κ1) is 15.9. The molecular formula is C11H21Br2NO2S. The quantitative estimate of drug-likeness (QED) is 0.677. The van der Waals surface area contributed by atoms with E-state index in [0.717, 1.165) is 29.9 Å². The number of hydrogen-bond donors (Lipinski definition) is 0. The van der Waals surface area contributed by atoms with Gasteiger partial charge in [0.25, 0.3) is 0 Å². The van der Waals surface area contributed by atoms with Crippen LogP contribution in [0.5, 0.6) is 0 Å². The standard InChI is InChI=1S/C11H21Br2NO2S/c1-11(8-12,9-13)6-10-4-3-5-14(7-10)17(2,15)16/h10H,3-9H2,1-2H3. The second-order valence-corrected chi connectivity index (χ2v) is 8.52. The zero-order valence-electron chi connectivity index (χ0n) is 10.5. The van der Waals surface area contributed by atoms with Crippen molar-refractivity contribution in [3.05, 3.63) is 0 Å². The molecule has 6 heteroatoms. The van der Waals surface area contributed by atoms with Gasteiger partial charge in [0.15, 0.2) is 0 Å². The molecule has 17 heavy (non-hydrogen) atoms. The maximum absolute atomic E-state index is 11.5. The molecule has 0 amide bonds. The van der Waals surface area contributed by atoms with Crippen LogP contribution < -0.4 is 0 Å². The van der Waals surface area contributed by atoms with Crippen LogP contribution in [0.15, 0.2) is 0 Å². The highest BCUT2D eigenvalue weighted by atomic mass is 79.9. The molecule has 0 aromatic carbocycles.